The fraction of sp³-hybridized carbons (Fsp3) is 0.714. The summed E-state index contributed by atoms with van der Waals surface area (Å²) in [5.41, 5.74) is 1.22. The maximum absolute atomic E-state index is 11.8. The molecule has 2 N–H and O–H groups in total. The van der Waals surface area contributed by atoms with Gasteiger partial charge in [-0.3, -0.25) is 4.79 Å². The zero-order chi connectivity index (χ0) is 13.5. The number of amides is 1. The van der Waals surface area contributed by atoms with Crippen molar-refractivity contribution < 1.29 is 4.79 Å². The molecule has 1 amide bonds. The number of anilines is 1. The molecule has 0 aliphatic heterocycles. The van der Waals surface area contributed by atoms with E-state index in [2.05, 4.69) is 15.6 Å². The molecule has 0 atom stereocenters. The van der Waals surface area contributed by atoms with Gasteiger partial charge in [0.1, 0.15) is 0 Å². The van der Waals surface area contributed by atoms with Crippen LogP contribution in [0.2, 0.25) is 0 Å². The summed E-state index contributed by atoms with van der Waals surface area (Å²) in [7, 11) is 1.90. The number of hydrogen-bond acceptors (Lipinski definition) is 4. The van der Waals surface area contributed by atoms with Crippen LogP contribution in [0.3, 0.4) is 0 Å². The van der Waals surface area contributed by atoms with Crippen molar-refractivity contribution in [2.75, 3.05) is 18.9 Å². The van der Waals surface area contributed by atoms with Gasteiger partial charge in [-0.25, -0.2) is 4.98 Å². The van der Waals surface area contributed by atoms with Crippen LogP contribution >= 0.6 is 11.3 Å². The lowest BCUT2D eigenvalue weighted by atomic mass is 10.0. The van der Waals surface area contributed by atoms with Crippen LogP contribution in [0, 0.1) is 0 Å². The summed E-state index contributed by atoms with van der Waals surface area (Å²) in [6.45, 7) is 0.877. The number of carbonyl (C=O) groups is 1. The molecule has 0 aromatic carbocycles. The van der Waals surface area contributed by atoms with Crippen molar-refractivity contribution in [1.29, 1.82) is 0 Å². The third-order valence-corrected chi connectivity index (χ3v) is 4.50. The lowest BCUT2D eigenvalue weighted by Gasteiger charge is -2.06. The van der Waals surface area contributed by atoms with Crippen LogP contribution in [0.4, 0.5) is 5.13 Å². The first-order valence-corrected chi connectivity index (χ1v) is 8.04. The fourth-order valence-electron chi connectivity index (χ4n) is 2.37. The molecular weight excluding hydrogens is 258 g/mol. The Morgan fingerprint density at radius 2 is 2.05 bits per heavy atom. The number of carbonyl (C=O) groups excluding carboxylic acids is 1. The fourth-order valence-corrected chi connectivity index (χ4v) is 3.43. The Hall–Kier alpha value is -0.940. The Morgan fingerprint density at radius 1 is 1.26 bits per heavy atom. The average molecular weight is 281 g/mol. The van der Waals surface area contributed by atoms with E-state index in [0.29, 0.717) is 6.42 Å². The number of aromatic nitrogens is 1. The second-order valence-corrected chi connectivity index (χ2v) is 6.14. The van der Waals surface area contributed by atoms with Crippen LogP contribution in [-0.4, -0.2) is 24.5 Å². The van der Waals surface area contributed by atoms with Gasteiger partial charge in [-0.2, -0.15) is 0 Å². The molecule has 0 radical (unpaired) electrons. The van der Waals surface area contributed by atoms with Gasteiger partial charge >= 0.3 is 0 Å². The molecule has 5 heteroatoms. The Bertz CT molecular complexity index is 391. The standard InChI is InChI=1S/C14H23N3OS/c1-15-10-6-9-13(18)17-14-16-11-7-4-2-3-5-8-12(11)19-14/h15H,2-10H2,1H3,(H,16,17,18). The van der Waals surface area contributed by atoms with Crippen molar-refractivity contribution in [3.05, 3.63) is 10.6 Å². The van der Waals surface area contributed by atoms with Crippen LogP contribution in [-0.2, 0) is 17.6 Å². The molecule has 0 spiro atoms. The SMILES string of the molecule is CNCCCC(=O)Nc1nc2c(s1)CCCCCC2. The summed E-state index contributed by atoms with van der Waals surface area (Å²) < 4.78 is 0. The largest absolute Gasteiger partial charge is 0.320 e. The van der Waals surface area contributed by atoms with Gasteiger partial charge in [0.15, 0.2) is 5.13 Å². The summed E-state index contributed by atoms with van der Waals surface area (Å²) in [6.07, 6.45) is 8.74. The number of nitrogens with zero attached hydrogens (tertiary/aromatic N) is 1. The number of rotatable bonds is 5. The molecule has 0 unspecified atom stereocenters. The maximum Gasteiger partial charge on any atom is 0.226 e. The third kappa shape index (κ3) is 4.58. The van der Waals surface area contributed by atoms with Gasteiger partial charge < -0.3 is 10.6 Å². The van der Waals surface area contributed by atoms with Gasteiger partial charge in [0, 0.05) is 11.3 Å². The highest BCUT2D eigenvalue weighted by Gasteiger charge is 2.14. The molecule has 0 fully saturated rings. The van der Waals surface area contributed by atoms with Crippen LogP contribution in [0.1, 0.15) is 49.1 Å². The number of nitrogens with one attached hydrogen (secondary N) is 2. The summed E-state index contributed by atoms with van der Waals surface area (Å²) in [5.74, 6) is 0.0805. The predicted octanol–water partition coefficient (Wildman–Crippen LogP) is 2.74. The molecular formula is C14H23N3OS. The van der Waals surface area contributed by atoms with E-state index in [1.54, 1.807) is 11.3 Å². The van der Waals surface area contributed by atoms with Crippen molar-refractivity contribution in [3.8, 4) is 0 Å². The van der Waals surface area contributed by atoms with E-state index in [9.17, 15) is 4.79 Å². The molecule has 4 nitrogen and oxygen atoms in total. The van der Waals surface area contributed by atoms with Gasteiger partial charge in [0.2, 0.25) is 5.91 Å². The summed E-state index contributed by atoms with van der Waals surface area (Å²) in [4.78, 5) is 17.7. The second-order valence-electron chi connectivity index (χ2n) is 5.06. The maximum atomic E-state index is 11.8. The highest BCUT2D eigenvalue weighted by atomic mass is 32.1. The monoisotopic (exact) mass is 281 g/mol. The Labute approximate surface area is 119 Å². The second kappa shape index (κ2) is 7.60. The summed E-state index contributed by atoms with van der Waals surface area (Å²) in [5, 5.41) is 6.78. The minimum absolute atomic E-state index is 0.0805. The van der Waals surface area contributed by atoms with Crippen LogP contribution in [0.5, 0.6) is 0 Å². The molecule has 0 bridgehead atoms. The normalized spacial score (nSPS) is 15.4. The van der Waals surface area contributed by atoms with E-state index < -0.39 is 0 Å². The van der Waals surface area contributed by atoms with Crippen molar-refractivity contribution >= 4 is 22.4 Å². The van der Waals surface area contributed by atoms with E-state index in [1.165, 1.54) is 36.3 Å². The molecule has 19 heavy (non-hydrogen) atoms. The first-order valence-electron chi connectivity index (χ1n) is 7.22. The number of hydrogen-bond donors (Lipinski definition) is 2. The molecule has 0 saturated carbocycles. The smallest absolute Gasteiger partial charge is 0.226 e. The zero-order valence-electron chi connectivity index (χ0n) is 11.6. The van der Waals surface area contributed by atoms with Crippen molar-refractivity contribution in [2.24, 2.45) is 0 Å². The van der Waals surface area contributed by atoms with Gasteiger partial charge in [-0.15, -0.1) is 11.3 Å². The van der Waals surface area contributed by atoms with Gasteiger partial charge in [-0.1, -0.05) is 12.8 Å². The van der Waals surface area contributed by atoms with Crippen LogP contribution < -0.4 is 10.6 Å². The van der Waals surface area contributed by atoms with Crippen LogP contribution in [0.25, 0.3) is 0 Å². The lowest BCUT2D eigenvalue weighted by Crippen LogP contribution is -2.15. The summed E-state index contributed by atoms with van der Waals surface area (Å²) in [6, 6.07) is 0. The van der Waals surface area contributed by atoms with E-state index in [1.807, 2.05) is 7.05 Å². The van der Waals surface area contributed by atoms with Crippen molar-refractivity contribution in [3.63, 3.8) is 0 Å². The molecule has 0 saturated heterocycles. The molecule has 1 heterocycles. The van der Waals surface area contributed by atoms with Gasteiger partial charge in [0.25, 0.3) is 0 Å². The Kier molecular flexibility index (Phi) is 5.79. The first-order chi connectivity index (χ1) is 9.29. The van der Waals surface area contributed by atoms with E-state index >= 15 is 0 Å². The zero-order valence-corrected chi connectivity index (χ0v) is 12.4. The number of thiazole rings is 1. The van der Waals surface area contributed by atoms with Gasteiger partial charge in [0.05, 0.1) is 5.69 Å². The topological polar surface area (TPSA) is 54.0 Å². The van der Waals surface area contributed by atoms with Crippen molar-refractivity contribution in [1.82, 2.24) is 10.3 Å². The van der Waals surface area contributed by atoms with E-state index in [-0.39, 0.29) is 5.91 Å². The van der Waals surface area contributed by atoms with E-state index in [0.717, 1.165) is 30.9 Å². The highest BCUT2D eigenvalue weighted by Crippen LogP contribution is 2.28. The average Bonchev–Trinajstić information content (AvgIpc) is 2.71. The molecule has 106 valence electrons. The number of aryl methyl sites for hydroxylation is 2. The Morgan fingerprint density at radius 3 is 2.84 bits per heavy atom. The third-order valence-electron chi connectivity index (χ3n) is 3.42. The predicted molar refractivity (Wildman–Crippen MR) is 79.8 cm³/mol. The Balaban J connectivity index is 1.90. The van der Waals surface area contributed by atoms with Crippen LogP contribution in [0.15, 0.2) is 0 Å². The lowest BCUT2D eigenvalue weighted by molar-refractivity contribution is -0.116. The molecule has 1 aromatic rings. The molecule has 1 aromatic heterocycles. The number of fused-ring (bicyclic) bond motifs is 1. The van der Waals surface area contributed by atoms with Gasteiger partial charge in [-0.05, 0) is 45.7 Å². The molecule has 1 aliphatic carbocycles. The van der Waals surface area contributed by atoms with E-state index in [4.69, 9.17) is 0 Å². The summed E-state index contributed by atoms with van der Waals surface area (Å²) >= 11 is 1.67. The first kappa shape index (κ1) is 14.5. The highest BCUT2D eigenvalue weighted by molar-refractivity contribution is 7.15. The quantitative estimate of drug-likeness (QED) is 0.816. The molecule has 2 rings (SSSR count). The minimum Gasteiger partial charge on any atom is -0.320 e. The minimum atomic E-state index is 0.0805. The molecule has 1 aliphatic rings. The van der Waals surface area contributed by atoms with Crippen molar-refractivity contribution in [2.45, 2.75) is 51.4 Å².